The Bertz CT molecular complexity index is 542. The molecule has 1 atom stereocenters. The van der Waals surface area contributed by atoms with Crippen LogP contribution in [0.1, 0.15) is 31.7 Å². The Morgan fingerprint density at radius 2 is 2.16 bits per heavy atom. The van der Waals surface area contributed by atoms with E-state index in [0.717, 1.165) is 23.4 Å². The van der Waals surface area contributed by atoms with Crippen molar-refractivity contribution in [3.63, 3.8) is 0 Å². The van der Waals surface area contributed by atoms with E-state index in [1.165, 1.54) is 16.9 Å². The molecule has 0 saturated heterocycles. The first-order valence-electron chi connectivity index (χ1n) is 6.05. The number of nitrogens with two attached hydrogens (primary N) is 1. The molecule has 3 nitrogen and oxygen atoms in total. The molecule has 0 aliphatic heterocycles. The largest absolute Gasteiger partial charge is 0.496 e. The zero-order valence-electron chi connectivity index (χ0n) is 11.3. The van der Waals surface area contributed by atoms with E-state index in [2.05, 4.69) is 31.0 Å². The first kappa shape index (κ1) is 16.0. The Morgan fingerprint density at radius 3 is 2.68 bits per heavy atom. The number of hydrogen-bond acceptors (Lipinski definition) is 4. The van der Waals surface area contributed by atoms with Crippen LogP contribution in [0.3, 0.4) is 0 Å². The van der Waals surface area contributed by atoms with E-state index >= 15 is 0 Å². The Hall–Kier alpha value is -1.07. The lowest BCUT2D eigenvalue weighted by molar-refractivity contribution is 0.416. The molecule has 19 heavy (non-hydrogen) atoms. The fourth-order valence-electron chi connectivity index (χ4n) is 1.88. The van der Waals surface area contributed by atoms with Gasteiger partial charge in [0.25, 0.3) is 0 Å². The summed E-state index contributed by atoms with van der Waals surface area (Å²) >= 11 is 1.45. The maximum absolute atomic E-state index is 5.70. The van der Waals surface area contributed by atoms with Crippen molar-refractivity contribution in [3.05, 3.63) is 29.1 Å². The van der Waals surface area contributed by atoms with E-state index in [1.807, 2.05) is 11.4 Å². The minimum atomic E-state index is 0. The lowest BCUT2D eigenvalue weighted by Gasteiger charge is -2.13. The number of methoxy groups -OCH3 is 1. The van der Waals surface area contributed by atoms with Gasteiger partial charge in [0.15, 0.2) is 5.13 Å². The number of nitrogen functional groups attached to an aromatic ring is 1. The van der Waals surface area contributed by atoms with Crippen LogP contribution in [0.5, 0.6) is 5.75 Å². The molecular formula is C14H19BrN2OS. The number of rotatable bonds is 4. The SMILES string of the molecule is Br.CCC(C)c1ccc(OC)c(-c2csc(N)n2)c1. The van der Waals surface area contributed by atoms with E-state index in [4.69, 9.17) is 10.5 Å². The second kappa shape index (κ2) is 6.91. The van der Waals surface area contributed by atoms with Crippen molar-refractivity contribution in [1.29, 1.82) is 0 Å². The molecule has 0 spiro atoms. The maximum atomic E-state index is 5.70. The van der Waals surface area contributed by atoms with Gasteiger partial charge >= 0.3 is 0 Å². The quantitative estimate of drug-likeness (QED) is 0.890. The van der Waals surface area contributed by atoms with E-state index in [0.29, 0.717) is 11.0 Å². The minimum absolute atomic E-state index is 0. The normalized spacial score (nSPS) is 11.7. The molecule has 2 rings (SSSR count). The third kappa shape index (κ3) is 3.48. The van der Waals surface area contributed by atoms with E-state index in [-0.39, 0.29) is 17.0 Å². The standard InChI is InChI=1S/C14H18N2OS.BrH/c1-4-9(2)10-5-6-13(17-3)11(7-10)12-8-18-14(15)16-12;/h5-9H,4H2,1-3H3,(H2,15,16);1H. The molecular weight excluding hydrogens is 324 g/mol. The predicted molar refractivity (Wildman–Crippen MR) is 87.5 cm³/mol. The molecule has 0 radical (unpaired) electrons. The summed E-state index contributed by atoms with van der Waals surface area (Å²) in [6.07, 6.45) is 1.12. The van der Waals surface area contributed by atoms with E-state index in [9.17, 15) is 0 Å². The number of aromatic nitrogens is 1. The topological polar surface area (TPSA) is 48.1 Å². The summed E-state index contributed by atoms with van der Waals surface area (Å²) in [4.78, 5) is 4.33. The van der Waals surface area contributed by atoms with Crippen molar-refractivity contribution >= 4 is 33.4 Å². The molecule has 1 aromatic carbocycles. The molecule has 0 amide bonds. The number of thiazole rings is 1. The van der Waals surface area contributed by atoms with Gasteiger partial charge in [0.1, 0.15) is 5.75 Å². The molecule has 0 bridgehead atoms. The fraction of sp³-hybridized carbons (Fsp3) is 0.357. The highest BCUT2D eigenvalue weighted by atomic mass is 79.9. The molecule has 1 heterocycles. The lowest BCUT2D eigenvalue weighted by Crippen LogP contribution is -1.95. The summed E-state index contributed by atoms with van der Waals surface area (Å²) in [5.74, 6) is 1.37. The molecule has 2 aromatic rings. The van der Waals surface area contributed by atoms with Crippen LogP contribution in [0.25, 0.3) is 11.3 Å². The Morgan fingerprint density at radius 1 is 1.42 bits per heavy atom. The highest BCUT2D eigenvalue weighted by Gasteiger charge is 2.12. The van der Waals surface area contributed by atoms with Gasteiger partial charge in [0, 0.05) is 10.9 Å². The van der Waals surface area contributed by atoms with Crippen molar-refractivity contribution in [3.8, 4) is 17.0 Å². The van der Waals surface area contributed by atoms with Gasteiger partial charge in [-0.3, -0.25) is 0 Å². The molecule has 2 N–H and O–H groups in total. The minimum Gasteiger partial charge on any atom is -0.496 e. The molecule has 104 valence electrons. The summed E-state index contributed by atoms with van der Waals surface area (Å²) in [5.41, 5.74) is 8.91. The summed E-state index contributed by atoms with van der Waals surface area (Å²) in [5, 5.41) is 2.55. The average molecular weight is 343 g/mol. The van der Waals surface area contributed by atoms with Crippen LogP contribution in [0.4, 0.5) is 5.13 Å². The summed E-state index contributed by atoms with van der Waals surface area (Å²) < 4.78 is 5.40. The monoisotopic (exact) mass is 342 g/mol. The molecule has 1 aromatic heterocycles. The number of halogens is 1. The van der Waals surface area contributed by atoms with Crippen LogP contribution in [-0.2, 0) is 0 Å². The number of benzene rings is 1. The highest BCUT2D eigenvalue weighted by Crippen LogP contribution is 2.34. The highest BCUT2D eigenvalue weighted by molar-refractivity contribution is 8.93. The van der Waals surface area contributed by atoms with E-state index < -0.39 is 0 Å². The Kier molecular flexibility index (Phi) is 5.82. The number of hydrogen-bond donors (Lipinski definition) is 1. The first-order valence-corrected chi connectivity index (χ1v) is 6.93. The molecule has 0 aliphatic carbocycles. The van der Waals surface area contributed by atoms with Crippen molar-refractivity contribution in [2.45, 2.75) is 26.2 Å². The first-order chi connectivity index (χ1) is 8.65. The van der Waals surface area contributed by atoms with Gasteiger partial charge in [0.05, 0.1) is 12.8 Å². The third-order valence-electron chi connectivity index (χ3n) is 3.20. The number of ether oxygens (including phenoxy) is 1. The lowest BCUT2D eigenvalue weighted by atomic mass is 9.96. The third-order valence-corrected chi connectivity index (χ3v) is 3.88. The molecule has 0 fully saturated rings. The summed E-state index contributed by atoms with van der Waals surface area (Å²) in [6.45, 7) is 4.41. The number of anilines is 1. The van der Waals surface area contributed by atoms with Gasteiger partial charge < -0.3 is 10.5 Å². The summed E-state index contributed by atoms with van der Waals surface area (Å²) in [6, 6.07) is 6.28. The van der Waals surface area contributed by atoms with Crippen LogP contribution in [0, 0.1) is 0 Å². The van der Waals surface area contributed by atoms with Crippen LogP contribution < -0.4 is 10.5 Å². The fourth-order valence-corrected chi connectivity index (χ4v) is 2.44. The van der Waals surface area contributed by atoms with Gasteiger partial charge in [-0.05, 0) is 30.0 Å². The van der Waals surface area contributed by atoms with Gasteiger partial charge in [0.2, 0.25) is 0 Å². The second-order valence-electron chi connectivity index (χ2n) is 4.34. The van der Waals surface area contributed by atoms with Crippen molar-refractivity contribution in [1.82, 2.24) is 4.98 Å². The van der Waals surface area contributed by atoms with Crippen molar-refractivity contribution < 1.29 is 4.74 Å². The zero-order valence-corrected chi connectivity index (χ0v) is 13.9. The van der Waals surface area contributed by atoms with Gasteiger partial charge in [-0.15, -0.1) is 28.3 Å². The molecule has 1 unspecified atom stereocenters. The van der Waals surface area contributed by atoms with Crippen LogP contribution in [-0.4, -0.2) is 12.1 Å². The Balaban J connectivity index is 0.00000180. The average Bonchev–Trinajstić information content (AvgIpc) is 2.83. The smallest absolute Gasteiger partial charge is 0.180 e. The van der Waals surface area contributed by atoms with Gasteiger partial charge in [-0.1, -0.05) is 19.9 Å². The van der Waals surface area contributed by atoms with Gasteiger partial charge in [-0.25, -0.2) is 4.98 Å². The van der Waals surface area contributed by atoms with Crippen LogP contribution in [0.2, 0.25) is 0 Å². The molecule has 5 heteroatoms. The summed E-state index contributed by atoms with van der Waals surface area (Å²) in [7, 11) is 1.68. The Labute approximate surface area is 128 Å². The zero-order chi connectivity index (χ0) is 13.1. The maximum Gasteiger partial charge on any atom is 0.180 e. The predicted octanol–water partition coefficient (Wildman–Crippen LogP) is 4.49. The number of nitrogens with zero attached hydrogens (tertiary/aromatic N) is 1. The molecule has 0 saturated carbocycles. The van der Waals surface area contributed by atoms with Crippen LogP contribution >= 0.6 is 28.3 Å². The second-order valence-corrected chi connectivity index (χ2v) is 5.23. The van der Waals surface area contributed by atoms with E-state index in [1.54, 1.807) is 7.11 Å². The van der Waals surface area contributed by atoms with Crippen LogP contribution in [0.15, 0.2) is 23.6 Å². The van der Waals surface area contributed by atoms with Crippen molar-refractivity contribution in [2.75, 3.05) is 12.8 Å². The molecule has 0 aliphatic rings. The van der Waals surface area contributed by atoms with Gasteiger partial charge in [-0.2, -0.15) is 0 Å². The van der Waals surface area contributed by atoms with Crippen molar-refractivity contribution in [2.24, 2.45) is 0 Å².